The highest BCUT2D eigenvalue weighted by atomic mass is 35.5. The number of aromatic nitrogens is 2. The fourth-order valence-electron chi connectivity index (χ4n) is 2.05. The summed E-state index contributed by atoms with van der Waals surface area (Å²) in [5.41, 5.74) is 0. The van der Waals surface area contributed by atoms with Gasteiger partial charge >= 0.3 is 0 Å². The number of ether oxygens (including phenoxy) is 2. The van der Waals surface area contributed by atoms with Crippen LogP contribution in [0.4, 0.5) is 0 Å². The van der Waals surface area contributed by atoms with Gasteiger partial charge in [-0.25, -0.2) is 9.97 Å². The molecule has 0 aromatic carbocycles. The summed E-state index contributed by atoms with van der Waals surface area (Å²) in [5, 5.41) is 3.43. The Bertz CT molecular complexity index is 564. The maximum atomic E-state index is 6.21. The lowest BCUT2D eigenvalue weighted by molar-refractivity contribution is 0.128. The highest BCUT2D eigenvalue weighted by molar-refractivity contribution is 7.16. The average molecular weight is 330 g/mol. The first-order chi connectivity index (χ1) is 10.2. The third kappa shape index (κ3) is 4.86. The monoisotopic (exact) mass is 329 g/mol. The van der Waals surface area contributed by atoms with E-state index in [0.29, 0.717) is 18.3 Å². The van der Waals surface area contributed by atoms with Crippen molar-refractivity contribution in [2.24, 2.45) is 0 Å². The molecule has 116 valence electrons. The van der Waals surface area contributed by atoms with Gasteiger partial charge in [-0.3, -0.25) is 4.90 Å². The molecule has 0 radical (unpaired) electrons. The predicted molar refractivity (Wildman–Crippen MR) is 86.1 cm³/mol. The molecule has 5 nitrogen and oxygen atoms in total. The second kappa shape index (κ2) is 8.60. The van der Waals surface area contributed by atoms with E-state index in [2.05, 4.69) is 14.9 Å². The Balaban J connectivity index is 2.05. The molecule has 2 aromatic rings. The number of thiophene rings is 1. The lowest BCUT2D eigenvalue weighted by Crippen LogP contribution is -2.29. The van der Waals surface area contributed by atoms with Gasteiger partial charge in [0.1, 0.15) is 15.8 Å². The molecule has 0 aliphatic heterocycles. The molecule has 0 aliphatic rings. The van der Waals surface area contributed by atoms with E-state index < -0.39 is 0 Å². The maximum Gasteiger partial charge on any atom is 0.145 e. The highest BCUT2D eigenvalue weighted by Crippen LogP contribution is 2.25. The quantitative estimate of drug-likeness (QED) is 0.523. The normalized spacial score (nSPS) is 11.6. The van der Waals surface area contributed by atoms with Gasteiger partial charge in [-0.1, -0.05) is 11.6 Å². The number of hydrogen-bond acceptors (Lipinski definition) is 6. The number of nitrogens with zero attached hydrogens (tertiary/aromatic N) is 3. The third-order valence-corrected chi connectivity index (χ3v) is 4.22. The highest BCUT2D eigenvalue weighted by Gasteiger charge is 2.11. The molecule has 2 heterocycles. The number of methoxy groups -OCH3 is 2. The Kier molecular flexibility index (Phi) is 6.79. The largest absolute Gasteiger partial charge is 0.385 e. The van der Waals surface area contributed by atoms with Gasteiger partial charge in [-0.2, -0.15) is 0 Å². The van der Waals surface area contributed by atoms with Gasteiger partial charge in [-0.15, -0.1) is 11.3 Å². The summed E-state index contributed by atoms with van der Waals surface area (Å²) in [6.45, 7) is 3.85. The molecular formula is C14H20ClN3O2S. The van der Waals surface area contributed by atoms with E-state index in [4.69, 9.17) is 21.1 Å². The average Bonchev–Trinajstić information content (AvgIpc) is 2.93. The van der Waals surface area contributed by atoms with Crippen LogP contribution in [0.5, 0.6) is 0 Å². The first-order valence-electron chi connectivity index (χ1n) is 6.84. The zero-order valence-electron chi connectivity index (χ0n) is 12.3. The van der Waals surface area contributed by atoms with Gasteiger partial charge in [0.25, 0.3) is 0 Å². The van der Waals surface area contributed by atoms with Gasteiger partial charge in [0.05, 0.1) is 13.2 Å². The Labute approximate surface area is 133 Å². The van der Waals surface area contributed by atoms with Crippen molar-refractivity contribution >= 4 is 33.2 Å². The predicted octanol–water partition coefficient (Wildman–Crippen LogP) is 2.83. The Hall–Kier alpha value is -0.790. The first-order valence-corrected chi connectivity index (χ1v) is 8.10. The minimum Gasteiger partial charge on any atom is -0.385 e. The minimum atomic E-state index is 0.528. The summed E-state index contributed by atoms with van der Waals surface area (Å²) < 4.78 is 10.3. The van der Waals surface area contributed by atoms with Crippen molar-refractivity contribution in [3.8, 4) is 0 Å². The zero-order valence-corrected chi connectivity index (χ0v) is 13.9. The first kappa shape index (κ1) is 16.6. The molecule has 0 aliphatic carbocycles. The van der Waals surface area contributed by atoms with Crippen molar-refractivity contribution in [3.05, 3.63) is 22.4 Å². The molecular weight excluding hydrogens is 310 g/mol. The molecule has 0 unspecified atom stereocenters. The van der Waals surface area contributed by atoms with Gasteiger partial charge in [0.2, 0.25) is 0 Å². The molecule has 0 spiro atoms. The minimum absolute atomic E-state index is 0.528. The zero-order chi connectivity index (χ0) is 15.1. The molecule has 0 amide bonds. The van der Waals surface area contributed by atoms with Crippen LogP contribution in [0.15, 0.2) is 11.4 Å². The van der Waals surface area contributed by atoms with E-state index >= 15 is 0 Å². The van der Waals surface area contributed by atoms with E-state index in [1.165, 1.54) is 0 Å². The van der Waals surface area contributed by atoms with Gasteiger partial charge < -0.3 is 9.47 Å². The maximum absolute atomic E-state index is 6.21. The summed E-state index contributed by atoms with van der Waals surface area (Å²) in [4.78, 5) is 12.2. The van der Waals surface area contributed by atoms with E-state index in [0.717, 1.165) is 42.2 Å². The van der Waals surface area contributed by atoms with Gasteiger partial charge in [0.15, 0.2) is 0 Å². The van der Waals surface area contributed by atoms with Crippen molar-refractivity contribution in [1.29, 1.82) is 0 Å². The summed E-state index contributed by atoms with van der Waals surface area (Å²) >= 11 is 7.79. The number of fused-ring (bicyclic) bond motifs is 1. The van der Waals surface area contributed by atoms with E-state index in [1.807, 2.05) is 11.4 Å². The van der Waals surface area contributed by atoms with Crippen LogP contribution in [-0.4, -0.2) is 55.4 Å². The molecule has 0 saturated carbocycles. The van der Waals surface area contributed by atoms with E-state index in [9.17, 15) is 0 Å². The smallest absolute Gasteiger partial charge is 0.145 e. The Morgan fingerprint density at radius 3 is 2.76 bits per heavy atom. The van der Waals surface area contributed by atoms with Crippen molar-refractivity contribution < 1.29 is 9.47 Å². The topological polar surface area (TPSA) is 47.5 Å². The standard InChI is InChI=1S/C14H20ClN3O2S/c1-19-7-3-5-18(6-8-20-2)10-12-16-13(15)11-4-9-21-14(11)17-12/h4,9H,3,5-8,10H2,1-2H3. The lowest BCUT2D eigenvalue weighted by atomic mass is 10.3. The van der Waals surface area contributed by atoms with Crippen molar-refractivity contribution in [2.75, 3.05) is 40.5 Å². The van der Waals surface area contributed by atoms with Crippen molar-refractivity contribution in [1.82, 2.24) is 14.9 Å². The fraction of sp³-hybridized carbons (Fsp3) is 0.571. The second-order valence-electron chi connectivity index (χ2n) is 4.69. The van der Waals surface area contributed by atoms with Crippen LogP contribution in [0.3, 0.4) is 0 Å². The van der Waals surface area contributed by atoms with Gasteiger partial charge in [-0.05, 0) is 17.9 Å². The summed E-state index contributed by atoms with van der Waals surface area (Å²) in [5.74, 6) is 0.753. The number of rotatable bonds is 9. The molecule has 7 heteroatoms. The Morgan fingerprint density at radius 1 is 1.19 bits per heavy atom. The van der Waals surface area contributed by atoms with E-state index in [1.54, 1.807) is 25.6 Å². The van der Waals surface area contributed by atoms with Crippen LogP contribution >= 0.6 is 22.9 Å². The van der Waals surface area contributed by atoms with Crippen LogP contribution in [0.1, 0.15) is 12.2 Å². The van der Waals surface area contributed by atoms with Crippen LogP contribution in [0.2, 0.25) is 5.15 Å². The summed E-state index contributed by atoms with van der Waals surface area (Å²) in [6, 6.07) is 1.95. The van der Waals surface area contributed by atoms with E-state index in [-0.39, 0.29) is 0 Å². The summed E-state index contributed by atoms with van der Waals surface area (Å²) in [6.07, 6.45) is 0.967. The Morgan fingerprint density at radius 2 is 2.00 bits per heavy atom. The SMILES string of the molecule is COCCCN(CCOC)Cc1nc(Cl)c2ccsc2n1. The van der Waals surface area contributed by atoms with Crippen molar-refractivity contribution in [2.45, 2.75) is 13.0 Å². The second-order valence-corrected chi connectivity index (χ2v) is 5.94. The van der Waals surface area contributed by atoms with Gasteiger partial charge in [0, 0.05) is 39.3 Å². The molecule has 0 fully saturated rings. The molecule has 2 rings (SSSR count). The molecule has 21 heavy (non-hydrogen) atoms. The fourth-order valence-corrected chi connectivity index (χ4v) is 3.14. The third-order valence-electron chi connectivity index (χ3n) is 3.12. The number of hydrogen-bond donors (Lipinski definition) is 0. The van der Waals surface area contributed by atoms with Crippen LogP contribution in [-0.2, 0) is 16.0 Å². The molecule has 0 saturated heterocycles. The molecule has 0 atom stereocenters. The van der Waals surface area contributed by atoms with Crippen LogP contribution < -0.4 is 0 Å². The number of halogens is 1. The van der Waals surface area contributed by atoms with Crippen LogP contribution in [0, 0.1) is 0 Å². The molecule has 0 N–H and O–H groups in total. The molecule has 0 bridgehead atoms. The molecule has 2 aromatic heterocycles. The van der Waals surface area contributed by atoms with Crippen LogP contribution in [0.25, 0.3) is 10.2 Å². The van der Waals surface area contributed by atoms with Crippen molar-refractivity contribution in [3.63, 3.8) is 0 Å². The lowest BCUT2D eigenvalue weighted by Gasteiger charge is -2.21. The summed E-state index contributed by atoms with van der Waals surface area (Å²) in [7, 11) is 3.42.